The molecule has 3 nitrogen and oxygen atoms in total. The lowest BCUT2D eigenvalue weighted by molar-refractivity contribution is 0.626. The highest BCUT2D eigenvalue weighted by molar-refractivity contribution is 6.31. The Bertz CT molecular complexity index is 814. The van der Waals surface area contributed by atoms with Crippen LogP contribution in [0.1, 0.15) is 11.4 Å². The number of pyridine rings is 1. The molecule has 0 saturated heterocycles. The molecule has 0 unspecified atom stereocenters. The molecule has 21 heavy (non-hydrogen) atoms. The Kier molecular flexibility index (Phi) is 3.83. The van der Waals surface area contributed by atoms with Crippen LogP contribution in [0.3, 0.4) is 0 Å². The summed E-state index contributed by atoms with van der Waals surface area (Å²) >= 11 is 11.8. The monoisotopic (exact) mass is 323 g/mol. The third-order valence-electron chi connectivity index (χ3n) is 3.26. The van der Waals surface area contributed by atoms with E-state index >= 15 is 0 Å². The maximum atomic E-state index is 13.6. The summed E-state index contributed by atoms with van der Waals surface area (Å²) < 4.78 is 15.5. The fraction of sp³-hybridized carbons (Fsp3) is 0.200. The van der Waals surface area contributed by atoms with Gasteiger partial charge in [-0.2, -0.15) is 0 Å². The summed E-state index contributed by atoms with van der Waals surface area (Å²) in [6, 6.07) is 6.39. The summed E-state index contributed by atoms with van der Waals surface area (Å²) in [6.45, 7) is 1.92. The van der Waals surface area contributed by atoms with Crippen molar-refractivity contribution in [3.63, 3.8) is 0 Å². The van der Waals surface area contributed by atoms with E-state index in [2.05, 4.69) is 9.97 Å². The zero-order chi connectivity index (χ0) is 15.0. The van der Waals surface area contributed by atoms with Gasteiger partial charge in [0.25, 0.3) is 0 Å². The molecule has 0 fully saturated rings. The molecular formula is C15H12Cl2FN3. The molecule has 3 rings (SSSR count). The van der Waals surface area contributed by atoms with E-state index in [4.69, 9.17) is 23.2 Å². The summed E-state index contributed by atoms with van der Waals surface area (Å²) in [6.07, 6.45) is 2.12. The van der Waals surface area contributed by atoms with Gasteiger partial charge in [0.05, 0.1) is 10.7 Å². The molecule has 108 valence electrons. The largest absolute Gasteiger partial charge is 0.280 e. The lowest BCUT2D eigenvalue weighted by Crippen LogP contribution is -2.05. The van der Waals surface area contributed by atoms with Crippen LogP contribution in [0.4, 0.5) is 4.39 Å². The van der Waals surface area contributed by atoms with Crippen molar-refractivity contribution in [1.29, 1.82) is 0 Å². The Labute approximate surface area is 131 Å². The first-order valence-corrected chi connectivity index (χ1v) is 7.37. The number of imidazole rings is 1. The molecule has 0 amide bonds. The van der Waals surface area contributed by atoms with E-state index in [1.54, 1.807) is 18.3 Å². The smallest absolute Gasteiger partial charge is 0.164 e. The fourth-order valence-electron chi connectivity index (χ4n) is 2.32. The Balaban J connectivity index is 2.33. The van der Waals surface area contributed by atoms with Gasteiger partial charge in [-0.25, -0.2) is 14.4 Å². The van der Waals surface area contributed by atoms with Crippen molar-refractivity contribution in [3.05, 3.63) is 52.7 Å². The zero-order valence-corrected chi connectivity index (χ0v) is 12.8. The minimum absolute atomic E-state index is 0.303. The van der Waals surface area contributed by atoms with Crippen LogP contribution in [0.2, 0.25) is 5.02 Å². The van der Waals surface area contributed by atoms with E-state index in [-0.39, 0.29) is 5.82 Å². The number of aromatic nitrogens is 3. The van der Waals surface area contributed by atoms with E-state index in [1.807, 2.05) is 11.5 Å². The molecule has 0 aliphatic carbocycles. The van der Waals surface area contributed by atoms with Crippen LogP contribution in [-0.2, 0) is 6.42 Å². The minimum Gasteiger partial charge on any atom is -0.280 e. The highest BCUT2D eigenvalue weighted by Crippen LogP contribution is 2.25. The summed E-state index contributed by atoms with van der Waals surface area (Å²) in [4.78, 5) is 8.85. The molecule has 2 heterocycles. The van der Waals surface area contributed by atoms with Gasteiger partial charge in [0.15, 0.2) is 5.65 Å². The number of nitrogens with zero attached hydrogens (tertiary/aromatic N) is 3. The predicted octanol–water partition coefficient (Wildman–Crippen LogP) is 4.30. The Hall–Kier alpha value is -1.65. The average Bonchev–Trinajstić information content (AvgIpc) is 2.79. The van der Waals surface area contributed by atoms with Gasteiger partial charge in [0, 0.05) is 18.5 Å². The molecule has 2 aromatic heterocycles. The van der Waals surface area contributed by atoms with Gasteiger partial charge in [-0.05, 0) is 30.7 Å². The number of benzene rings is 1. The first-order chi connectivity index (χ1) is 10.1. The van der Waals surface area contributed by atoms with E-state index < -0.39 is 0 Å². The number of alkyl halides is 1. The third-order valence-corrected chi connectivity index (χ3v) is 3.66. The molecule has 0 aliphatic heterocycles. The van der Waals surface area contributed by atoms with E-state index in [1.165, 1.54) is 12.1 Å². The standard InChI is InChI=1S/C15H12Cl2FN3/c1-9-2-3-11(18)7-13(9)21-14(4-5-16)20-12-6-10(17)8-19-15(12)21/h2-3,6-8H,4-5H2,1H3. The van der Waals surface area contributed by atoms with Gasteiger partial charge in [-0.15, -0.1) is 11.6 Å². The van der Waals surface area contributed by atoms with Crippen molar-refractivity contribution in [2.24, 2.45) is 0 Å². The molecule has 0 spiro atoms. The molecule has 3 aromatic rings. The van der Waals surface area contributed by atoms with Gasteiger partial charge < -0.3 is 0 Å². The molecule has 0 N–H and O–H groups in total. The third kappa shape index (κ3) is 2.61. The van der Waals surface area contributed by atoms with Crippen molar-refractivity contribution in [3.8, 4) is 5.69 Å². The Morgan fingerprint density at radius 3 is 2.86 bits per heavy atom. The first kappa shape index (κ1) is 14.3. The van der Waals surface area contributed by atoms with Crippen LogP contribution in [0.25, 0.3) is 16.9 Å². The average molecular weight is 324 g/mol. The van der Waals surface area contributed by atoms with Gasteiger partial charge in [-0.1, -0.05) is 17.7 Å². The summed E-state index contributed by atoms with van der Waals surface area (Å²) in [5.74, 6) is 0.859. The van der Waals surface area contributed by atoms with Gasteiger partial charge in [0.2, 0.25) is 0 Å². The van der Waals surface area contributed by atoms with Crippen molar-refractivity contribution < 1.29 is 4.39 Å². The minimum atomic E-state index is -0.303. The number of hydrogen-bond acceptors (Lipinski definition) is 2. The van der Waals surface area contributed by atoms with Gasteiger partial charge >= 0.3 is 0 Å². The van der Waals surface area contributed by atoms with Crippen molar-refractivity contribution >= 4 is 34.4 Å². The van der Waals surface area contributed by atoms with Crippen LogP contribution in [-0.4, -0.2) is 20.4 Å². The maximum Gasteiger partial charge on any atom is 0.164 e. The molecule has 6 heteroatoms. The fourth-order valence-corrected chi connectivity index (χ4v) is 2.64. The lowest BCUT2D eigenvalue weighted by Gasteiger charge is -2.11. The highest BCUT2D eigenvalue weighted by atomic mass is 35.5. The molecule has 1 aromatic carbocycles. The first-order valence-electron chi connectivity index (χ1n) is 6.45. The molecule has 0 radical (unpaired) electrons. The second-order valence-corrected chi connectivity index (χ2v) is 5.54. The number of fused-ring (bicyclic) bond motifs is 1. The second-order valence-electron chi connectivity index (χ2n) is 4.73. The van der Waals surface area contributed by atoms with E-state index in [0.29, 0.717) is 34.2 Å². The van der Waals surface area contributed by atoms with Crippen LogP contribution in [0.15, 0.2) is 30.5 Å². The van der Waals surface area contributed by atoms with Crippen LogP contribution in [0, 0.1) is 12.7 Å². The van der Waals surface area contributed by atoms with Gasteiger partial charge in [-0.3, -0.25) is 4.57 Å². The zero-order valence-electron chi connectivity index (χ0n) is 11.3. The van der Waals surface area contributed by atoms with E-state index in [9.17, 15) is 4.39 Å². The van der Waals surface area contributed by atoms with Crippen LogP contribution < -0.4 is 0 Å². The predicted molar refractivity (Wildman–Crippen MR) is 83.0 cm³/mol. The quantitative estimate of drug-likeness (QED) is 0.673. The molecule has 0 bridgehead atoms. The summed E-state index contributed by atoms with van der Waals surface area (Å²) in [7, 11) is 0. The number of aryl methyl sites for hydroxylation is 2. The molecule has 0 atom stereocenters. The molecular weight excluding hydrogens is 312 g/mol. The number of rotatable bonds is 3. The molecule has 0 aliphatic rings. The van der Waals surface area contributed by atoms with Crippen molar-refractivity contribution in [2.75, 3.05) is 5.88 Å². The molecule has 0 saturated carbocycles. The van der Waals surface area contributed by atoms with Gasteiger partial charge in [0.1, 0.15) is 17.2 Å². The van der Waals surface area contributed by atoms with Crippen molar-refractivity contribution in [1.82, 2.24) is 14.5 Å². The highest BCUT2D eigenvalue weighted by Gasteiger charge is 2.15. The van der Waals surface area contributed by atoms with Crippen LogP contribution >= 0.6 is 23.2 Å². The Morgan fingerprint density at radius 1 is 1.29 bits per heavy atom. The number of hydrogen-bond donors (Lipinski definition) is 0. The number of halogens is 3. The normalized spacial score (nSPS) is 11.2. The summed E-state index contributed by atoms with van der Waals surface area (Å²) in [5.41, 5.74) is 2.97. The SMILES string of the molecule is Cc1ccc(F)cc1-n1c(CCCl)nc2cc(Cl)cnc21. The lowest BCUT2D eigenvalue weighted by atomic mass is 10.2. The van der Waals surface area contributed by atoms with Crippen LogP contribution in [0.5, 0.6) is 0 Å². The topological polar surface area (TPSA) is 30.7 Å². The van der Waals surface area contributed by atoms with Crippen molar-refractivity contribution in [2.45, 2.75) is 13.3 Å². The second kappa shape index (κ2) is 5.62. The van der Waals surface area contributed by atoms with E-state index in [0.717, 1.165) is 11.4 Å². The summed E-state index contributed by atoms with van der Waals surface area (Å²) in [5, 5.41) is 0.514. The Morgan fingerprint density at radius 2 is 2.10 bits per heavy atom. The maximum absolute atomic E-state index is 13.6.